The van der Waals surface area contributed by atoms with E-state index in [-0.39, 0.29) is 66.0 Å². The number of aryl methyl sites for hydroxylation is 2. The summed E-state index contributed by atoms with van der Waals surface area (Å²) in [6.07, 6.45) is 3.23. The molecule has 1 fully saturated rings. The zero-order valence-corrected chi connectivity index (χ0v) is 31.5. The lowest BCUT2D eigenvalue weighted by Crippen LogP contribution is -2.52. The Balaban J connectivity index is 0.992. The van der Waals surface area contributed by atoms with E-state index in [1.54, 1.807) is 48.3 Å². The Morgan fingerprint density at radius 3 is 2.56 bits per heavy atom. The van der Waals surface area contributed by atoms with E-state index >= 15 is 0 Å². The summed E-state index contributed by atoms with van der Waals surface area (Å²) in [5.74, 6) is -6.24. The van der Waals surface area contributed by atoms with Crippen molar-refractivity contribution in [2.24, 2.45) is 7.05 Å². The van der Waals surface area contributed by atoms with Crippen molar-refractivity contribution in [2.45, 2.75) is 51.5 Å². The average molecular weight is 831 g/mol. The number of anilines is 3. The first-order chi connectivity index (χ1) is 28.2. The van der Waals surface area contributed by atoms with Gasteiger partial charge >= 0.3 is 11.4 Å². The Labute approximate surface area is 334 Å². The highest BCUT2D eigenvalue weighted by molar-refractivity contribution is 6.34. The fourth-order valence-electron chi connectivity index (χ4n) is 6.97. The van der Waals surface area contributed by atoms with Gasteiger partial charge in [0.15, 0.2) is 11.6 Å². The number of benzene rings is 3. The number of imide groups is 1. The fourth-order valence-corrected chi connectivity index (χ4v) is 7.18. The van der Waals surface area contributed by atoms with Crippen LogP contribution in [0.1, 0.15) is 46.4 Å². The van der Waals surface area contributed by atoms with Crippen LogP contribution in [0.25, 0.3) is 10.9 Å². The molecular weight excluding hydrogens is 801 g/mol. The van der Waals surface area contributed by atoms with Crippen LogP contribution in [0.2, 0.25) is 5.02 Å². The van der Waals surface area contributed by atoms with E-state index < -0.39 is 77.2 Å². The molecule has 0 aliphatic carbocycles. The lowest BCUT2D eigenvalue weighted by atomic mass is 10.0. The molecule has 1 saturated heterocycles. The van der Waals surface area contributed by atoms with Gasteiger partial charge in [-0.1, -0.05) is 28.9 Å². The third kappa shape index (κ3) is 7.66. The maximum absolute atomic E-state index is 14.9. The van der Waals surface area contributed by atoms with Gasteiger partial charge in [0.05, 0.1) is 53.3 Å². The number of aromatic nitrogens is 8. The molecule has 2 aliphatic rings. The van der Waals surface area contributed by atoms with Gasteiger partial charge < -0.3 is 15.5 Å². The van der Waals surface area contributed by atoms with Crippen LogP contribution in [0, 0.1) is 17.5 Å². The van der Waals surface area contributed by atoms with Gasteiger partial charge in [-0.25, -0.2) is 27.3 Å². The molecule has 302 valence electrons. The molecule has 1 atom stereocenters. The van der Waals surface area contributed by atoms with Crippen LogP contribution in [-0.4, -0.2) is 73.5 Å². The quantitative estimate of drug-likeness (QED) is 0.128. The highest BCUT2D eigenvalue weighted by Gasteiger charge is 2.40. The van der Waals surface area contributed by atoms with Crippen molar-refractivity contribution in [3.63, 3.8) is 0 Å². The zero-order chi connectivity index (χ0) is 41.7. The van der Waals surface area contributed by atoms with Crippen LogP contribution in [-0.2, 0) is 47.6 Å². The van der Waals surface area contributed by atoms with Crippen molar-refractivity contribution in [1.82, 2.24) is 49.1 Å². The fraction of sp³-hybridized carbons (Fsp3) is 0.243. The third-order valence-electron chi connectivity index (χ3n) is 9.82. The number of halogens is 4. The number of nitrogens with zero attached hydrogens (tertiary/aromatic N) is 9. The van der Waals surface area contributed by atoms with Crippen LogP contribution < -0.4 is 27.3 Å². The first-order valence-corrected chi connectivity index (χ1v) is 18.3. The third-order valence-corrected chi connectivity index (χ3v) is 10.1. The second-order valence-corrected chi connectivity index (χ2v) is 14.3. The summed E-state index contributed by atoms with van der Waals surface area (Å²) < 4.78 is 47.2. The normalized spacial score (nSPS) is 15.2. The number of carbonyl (C=O) groups excluding carboxylic acids is 4. The second kappa shape index (κ2) is 15.3. The molecular formula is C37H30ClF3N12O6. The summed E-state index contributed by atoms with van der Waals surface area (Å²) in [5, 5.41) is 20.9. The van der Waals surface area contributed by atoms with E-state index in [0.717, 1.165) is 4.57 Å². The maximum atomic E-state index is 14.9. The van der Waals surface area contributed by atoms with Crippen molar-refractivity contribution in [3.8, 4) is 0 Å². The van der Waals surface area contributed by atoms with Gasteiger partial charge in [-0.3, -0.25) is 38.4 Å². The highest BCUT2D eigenvalue weighted by atomic mass is 35.5. The molecule has 0 radical (unpaired) electrons. The number of amides is 4. The minimum absolute atomic E-state index is 0.0120. The lowest BCUT2D eigenvalue weighted by Gasteiger charge is -2.29. The Bertz CT molecular complexity index is 2870. The molecule has 5 heterocycles. The molecule has 3 N–H and O–H groups in total. The first-order valence-electron chi connectivity index (χ1n) is 17.9. The standard InChI is InChI=1S/C37H30ClF3N12O6/c1-49-13-20-10-28(22(38)11-27(20)47-49)43-35-45-36(58)53(37(59)52(35)15-19-9-24(40)25(41)12-23(19)39)17-21-16-50(48-46-21)8-7-31(55)42-26-4-2-3-18-14-51(34(57)32(18)26)29-5-6-30(54)44-33(29)56/h2-4,9-13,16,29H,5-8,14-15,17H2,1H3,(H,42,55)(H,43,45,58)(H,44,54,56). The molecule has 3 aromatic carbocycles. The molecule has 0 bridgehead atoms. The minimum Gasteiger partial charge on any atom is -0.325 e. The molecule has 3 aromatic heterocycles. The topological polar surface area (TPSA) is 213 Å². The summed E-state index contributed by atoms with van der Waals surface area (Å²) in [6.45, 7) is -1.03. The molecule has 22 heteroatoms. The van der Waals surface area contributed by atoms with Crippen LogP contribution in [0.15, 0.2) is 64.4 Å². The van der Waals surface area contributed by atoms with Crippen molar-refractivity contribution >= 4 is 63.5 Å². The van der Waals surface area contributed by atoms with Gasteiger partial charge in [0, 0.05) is 49.6 Å². The average Bonchev–Trinajstić information content (AvgIpc) is 3.89. The minimum atomic E-state index is -1.44. The lowest BCUT2D eigenvalue weighted by molar-refractivity contribution is -0.137. The molecule has 18 nitrogen and oxygen atoms in total. The summed E-state index contributed by atoms with van der Waals surface area (Å²) >= 11 is 6.47. The van der Waals surface area contributed by atoms with Crippen LogP contribution in [0.5, 0.6) is 0 Å². The maximum Gasteiger partial charge on any atom is 0.355 e. The Morgan fingerprint density at radius 1 is 0.966 bits per heavy atom. The van der Waals surface area contributed by atoms with Gasteiger partial charge in [0.1, 0.15) is 17.6 Å². The number of piperidine rings is 1. The molecule has 6 aromatic rings. The van der Waals surface area contributed by atoms with E-state index in [0.29, 0.717) is 33.2 Å². The Kier molecular flexibility index (Phi) is 10.0. The predicted octanol–water partition coefficient (Wildman–Crippen LogP) is 2.58. The largest absolute Gasteiger partial charge is 0.355 e. The number of nitrogens with one attached hydrogen (secondary N) is 3. The van der Waals surface area contributed by atoms with Gasteiger partial charge in [-0.15, -0.1) is 5.10 Å². The van der Waals surface area contributed by atoms with Gasteiger partial charge in [0.25, 0.3) is 5.91 Å². The van der Waals surface area contributed by atoms with Crippen molar-refractivity contribution in [2.75, 3.05) is 10.6 Å². The molecule has 0 spiro atoms. The van der Waals surface area contributed by atoms with E-state index in [1.807, 2.05) is 0 Å². The molecule has 59 heavy (non-hydrogen) atoms. The van der Waals surface area contributed by atoms with Crippen molar-refractivity contribution < 1.29 is 32.3 Å². The van der Waals surface area contributed by atoms with E-state index in [9.17, 15) is 41.9 Å². The monoisotopic (exact) mass is 830 g/mol. The van der Waals surface area contributed by atoms with Crippen LogP contribution in [0.3, 0.4) is 0 Å². The Hall–Kier alpha value is -7.16. The number of hydrogen-bond donors (Lipinski definition) is 3. The highest BCUT2D eigenvalue weighted by Crippen LogP contribution is 2.33. The molecule has 8 rings (SSSR count). The van der Waals surface area contributed by atoms with E-state index in [2.05, 4.69) is 36.3 Å². The smallest absolute Gasteiger partial charge is 0.325 e. The summed E-state index contributed by atoms with van der Waals surface area (Å²) in [7, 11) is 1.70. The molecule has 0 saturated carbocycles. The Morgan fingerprint density at radius 2 is 1.76 bits per heavy atom. The molecule has 4 amide bonds. The number of fused-ring (bicyclic) bond motifs is 2. The van der Waals surface area contributed by atoms with Crippen LogP contribution in [0.4, 0.5) is 30.5 Å². The summed E-state index contributed by atoms with van der Waals surface area (Å²) in [5.41, 5.74) is -0.537. The summed E-state index contributed by atoms with van der Waals surface area (Å²) in [4.78, 5) is 83.2. The van der Waals surface area contributed by atoms with Crippen molar-refractivity contribution in [3.05, 3.63) is 121 Å². The predicted molar refractivity (Wildman–Crippen MR) is 202 cm³/mol. The van der Waals surface area contributed by atoms with E-state index in [4.69, 9.17) is 11.6 Å². The first kappa shape index (κ1) is 38.7. The second-order valence-electron chi connectivity index (χ2n) is 13.9. The summed E-state index contributed by atoms with van der Waals surface area (Å²) in [6, 6.07) is 8.17. The number of hydrogen-bond acceptors (Lipinski definition) is 11. The SMILES string of the molecule is Cn1cc2cc(Nc3nc(=O)n(Cc4cn(CCC(=O)Nc5cccc6c5C(=O)N(C5CCC(=O)NC5=O)C6)nn4)c(=O)n3Cc3cc(F)c(F)cc3F)c(Cl)cc2n1. The van der Waals surface area contributed by atoms with Crippen LogP contribution >= 0.6 is 11.6 Å². The van der Waals surface area contributed by atoms with E-state index in [1.165, 1.54) is 15.8 Å². The van der Waals surface area contributed by atoms with Gasteiger partial charge in [0.2, 0.25) is 23.7 Å². The van der Waals surface area contributed by atoms with Gasteiger partial charge in [-0.05, 0) is 36.2 Å². The van der Waals surface area contributed by atoms with Gasteiger partial charge in [-0.2, -0.15) is 10.1 Å². The van der Waals surface area contributed by atoms with Crippen molar-refractivity contribution in [1.29, 1.82) is 0 Å². The zero-order valence-electron chi connectivity index (χ0n) is 30.7. The number of rotatable bonds is 11. The number of carbonyl (C=O) groups is 4. The molecule has 2 aliphatic heterocycles. The molecule has 1 unspecified atom stereocenters.